The van der Waals surface area contributed by atoms with Crippen molar-refractivity contribution < 1.29 is 18.8 Å². The molecule has 1 amide bonds. The largest absolute Gasteiger partial charge is 0.612 e. The van der Waals surface area contributed by atoms with E-state index in [-0.39, 0.29) is 11.8 Å². The molecule has 3 aromatic carbocycles. The first-order valence-electron chi connectivity index (χ1n) is 15.8. The molecule has 1 saturated heterocycles. The van der Waals surface area contributed by atoms with Crippen molar-refractivity contribution in [3.63, 3.8) is 0 Å². The normalized spacial score (nSPS) is 17.0. The van der Waals surface area contributed by atoms with Gasteiger partial charge in [-0.15, -0.1) is 0 Å². The van der Waals surface area contributed by atoms with Gasteiger partial charge in [0, 0.05) is 25.1 Å². The Morgan fingerprint density at radius 1 is 1.04 bits per heavy atom. The summed E-state index contributed by atoms with van der Waals surface area (Å²) >= 11 is 11.8. The number of methoxy groups -OCH3 is 2. The van der Waals surface area contributed by atoms with Crippen LogP contribution < -0.4 is 9.47 Å². The molecule has 45 heavy (non-hydrogen) atoms. The van der Waals surface area contributed by atoms with E-state index >= 15 is 0 Å². The highest BCUT2D eigenvalue weighted by Crippen LogP contribution is 2.40. The summed E-state index contributed by atoms with van der Waals surface area (Å²) < 4.78 is 23.8. The minimum absolute atomic E-state index is 0.0539. The van der Waals surface area contributed by atoms with Crippen molar-refractivity contribution >= 4 is 40.3 Å². The van der Waals surface area contributed by atoms with Crippen molar-refractivity contribution in [2.75, 3.05) is 53.7 Å². The second-order valence-electron chi connectivity index (χ2n) is 12.3. The smallest absolute Gasteiger partial charge is 0.257 e. The summed E-state index contributed by atoms with van der Waals surface area (Å²) in [4.78, 5) is 19.5. The topological polar surface area (TPSA) is 65.1 Å². The number of aryl methyl sites for hydroxylation is 1. The zero-order chi connectivity index (χ0) is 32.1. The van der Waals surface area contributed by atoms with Gasteiger partial charge in [0.1, 0.15) is 6.26 Å². The molecular weight excluding hydrogens is 627 g/mol. The van der Waals surface area contributed by atoms with Gasteiger partial charge in [0.15, 0.2) is 16.4 Å². The van der Waals surface area contributed by atoms with E-state index in [1.165, 1.54) is 11.1 Å². The molecule has 1 aliphatic heterocycles. The first kappa shape index (κ1) is 33.9. The standard InChI is InChI=1S/C36H44Cl2N2O4S/c1-39(36(41)34-29-11-6-5-9-26(29)22-32(43-2)35(34)44-3)23-27(25-13-14-30(37)31(38)21-25)17-20-40-18-15-24(16-19-40)28-10-7-8-12-33(28)45(4)42/h7-8,10,12-14,21-22,24,27H,5-6,9,11,15-20,23H2,1-4H3/t27-,45+/m1/s1. The number of rotatable bonds is 11. The molecule has 0 unspecified atom stereocenters. The lowest BCUT2D eigenvalue weighted by Crippen LogP contribution is -2.37. The molecule has 0 saturated carbocycles. The quantitative estimate of drug-likeness (QED) is 0.195. The van der Waals surface area contributed by atoms with Crippen molar-refractivity contribution in [1.29, 1.82) is 0 Å². The molecule has 242 valence electrons. The van der Waals surface area contributed by atoms with Gasteiger partial charge in [-0.2, -0.15) is 0 Å². The number of halogens is 2. The maximum atomic E-state index is 14.2. The summed E-state index contributed by atoms with van der Waals surface area (Å²) in [7, 11) is 5.10. The summed E-state index contributed by atoms with van der Waals surface area (Å²) in [5, 5.41) is 1.04. The first-order chi connectivity index (χ1) is 21.7. The zero-order valence-corrected chi connectivity index (χ0v) is 29.1. The highest BCUT2D eigenvalue weighted by atomic mass is 35.5. The number of piperidine rings is 1. The maximum absolute atomic E-state index is 14.2. The number of ether oxygens (including phenoxy) is 2. The third-order valence-corrected chi connectivity index (χ3v) is 11.2. The lowest BCUT2D eigenvalue weighted by molar-refractivity contribution is 0.0776. The average molecular weight is 672 g/mol. The first-order valence-corrected chi connectivity index (χ1v) is 18.1. The van der Waals surface area contributed by atoms with Crippen molar-refractivity contribution in [3.8, 4) is 11.5 Å². The Morgan fingerprint density at radius 2 is 1.78 bits per heavy atom. The van der Waals surface area contributed by atoms with Gasteiger partial charge in [0.05, 0.1) is 29.8 Å². The number of nitrogens with zero attached hydrogens (tertiary/aromatic N) is 2. The molecule has 2 aliphatic rings. The van der Waals surface area contributed by atoms with E-state index in [4.69, 9.17) is 32.7 Å². The third-order valence-electron chi connectivity index (χ3n) is 9.51. The molecule has 5 rings (SSSR count). The van der Waals surface area contributed by atoms with E-state index in [1.807, 2.05) is 48.3 Å². The van der Waals surface area contributed by atoms with E-state index in [0.29, 0.717) is 39.6 Å². The Labute approximate surface area is 281 Å². The van der Waals surface area contributed by atoms with Gasteiger partial charge in [-0.3, -0.25) is 4.79 Å². The number of carbonyl (C=O) groups excluding carboxylic acids is 1. The number of amides is 1. The van der Waals surface area contributed by atoms with E-state index in [2.05, 4.69) is 17.0 Å². The van der Waals surface area contributed by atoms with Crippen LogP contribution >= 0.6 is 23.2 Å². The van der Waals surface area contributed by atoms with Gasteiger partial charge in [-0.25, -0.2) is 0 Å². The van der Waals surface area contributed by atoms with Crippen molar-refractivity contribution in [2.45, 2.75) is 61.7 Å². The fourth-order valence-corrected chi connectivity index (χ4v) is 8.20. The van der Waals surface area contributed by atoms with Crippen LogP contribution in [0.2, 0.25) is 10.0 Å². The summed E-state index contributed by atoms with van der Waals surface area (Å²) in [6.45, 7) is 3.38. The highest BCUT2D eigenvalue weighted by molar-refractivity contribution is 7.90. The molecule has 0 spiro atoms. The third kappa shape index (κ3) is 7.77. The molecule has 0 N–H and O–H groups in total. The lowest BCUT2D eigenvalue weighted by Gasteiger charge is -2.34. The predicted octanol–water partition coefficient (Wildman–Crippen LogP) is 7.75. The van der Waals surface area contributed by atoms with Crippen LogP contribution in [-0.2, 0) is 24.0 Å². The van der Waals surface area contributed by atoms with Crippen LogP contribution in [0.4, 0.5) is 0 Å². The van der Waals surface area contributed by atoms with Gasteiger partial charge in [-0.1, -0.05) is 47.5 Å². The fourth-order valence-electron chi connectivity index (χ4n) is 7.06. The van der Waals surface area contributed by atoms with Gasteiger partial charge in [-0.05, 0) is 123 Å². The predicted molar refractivity (Wildman–Crippen MR) is 184 cm³/mol. The Bertz CT molecular complexity index is 1480. The van der Waals surface area contributed by atoms with Crippen LogP contribution in [0, 0.1) is 0 Å². The number of likely N-dealkylation sites (tertiary alicyclic amines) is 1. The number of benzene rings is 3. The van der Waals surface area contributed by atoms with Gasteiger partial charge in [0.25, 0.3) is 5.91 Å². The summed E-state index contributed by atoms with van der Waals surface area (Å²) in [5.74, 6) is 1.54. The molecule has 2 atom stereocenters. The SMILES string of the molecule is COc1cc2c(c(C(=O)N(C)C[C@@H](CCN3CCC(c4ccccc4[S@+](C)[O-])CC3)c3ccc(Cl)c(Cl)c3)c1OC)CCCC2. The van der Waals surface area contributed by atoms with E-state index in [1.54, 1.807) is 20.5 Å². The molecule has 1 fully saturated rings. The van der Waals surface area contributed by atoms with Crippen molar-refractivity contribution in [3.05, 3.63) is 86.4 Å². The van der Waals surface area contributed by atoms with Gasteiger partial charge in [0.2, 0.25) is 0 Å². The van der Waals surface area contributed by atoms with Crippen LogP contribution in [0.1, 0.15) is 76.6 Å². The van der Waals surface area contributed by atoms with Crippen molar-refractivity contribution in [2.24, 2.45) is 0 Å². The summed E-state index contributed by atoms with van der Waals surface area (Å²) in [6.07, 6.45) is 8.64. The number of carbonyl (C=O) groups is 1. The monoisotopic (exact) mass is 670 g/mol. The van der Waals surface area contributed by atoms with E-state index in [0.717, 1.165) is 80.6 Å². The second-order valence-corrected chi connectivity index (χ2v) is 14.4. The minimum atomic E-state index is -0.995. The lowest BCUT2D eigenvalue weighted by atomic mass is 9.86. The van der Waals surface area contributed by atoms with Crippen LogP contribution in [0.15, 0.2) is 53.4 Å². The Kier molecular flexibility index (Phi) is 11.6. The molecule has 0 radical (unpaired) electrons. The Hall–Kier alpha value is -2.42. The molecule has 0 aromatic heterocycles. The van der Waals surface area contributed by atoms with Crippen LogP contribution in [-0.4, -0.2) is 74.0 Å². The summed E-state index contributed by atoms with van der Waals surface area (Å²) in [5.41, 5.74) is 5.17. The maximum Gasteiger partial charge on any atom is 0.257 e. The fraction of sp³-hybridized carbons (Fsp3) is 0.472. The molecule has 3 aromatic rings. The second kappa shape index (κ2) is 15.4. The number of hydrogen-bond acceptors (Lipinski definition) is 5. The van der Waals surface area contributed by atoms with Gasteiger partial charge >= 0.3 is 0 Å². The number of likely N-dealkylation sites (N-methyl/N-ethyl adjacent to an activating group) is 1. The molecule has 6 nitrogen and oxygen atoms in total. The van der Waals surface area contributed by atoms with Crippen molar-refractivity contribution in [1.82, 2.24) is 9.80 Å². The van der Waals surface area contributed by atoms with E-state index < -0.39 is 11.2 Å². The van der Waals surface area contributed by atoms with Crippen LogP contribution in [0.25, 0.3) is 0 Å². The van der Waals surface area contributed by atoms with E-state index in [9.17, 15) is 9.35 Å². The Morgan fingerprint density at radius 3 is 2.47 bits per heavy atom. The van der Waals surface area contributed by atoms with Crippen LogP contribution in [0.5, 0.6) is 11.5 Å². The summed E-state index contributed by atoms with van der Waals surface area (Å²) in [6, 6.07) is 16.0. The van der Waals surface area contributed by atoms with Crippen LogP contribution in [0.3, 0.4) is 0 Å². The molecular formula is C36H44Cl2N2O4S. The highest BCUT2D eigenvalue weighted by Gasteiger charge is 2.30. The Balaban J connectivity index is 1.32. The minimum Gasteiger partial charge on any atom is -0.612 e. The molecule has 0 bridgehead atoms. The number of fused-ring (bicyclic) bond motifs is 1. The molecule has 1 aliphatic carbocycles. The number of hydrogen-bond donors (Lipinski definition) is 0. The molecule has 9 heteroatoms. The zero-order valence-electron chi connectivity index (χ0n) is 26.7. The van der Waals surface area contributed by atoms with Gasteiger partial charge < -0.3 is 23.8 Å². The average Bonchev–Trinajstić information content (AvgIpc) is 3.06. The molecule has 1 heterocycles.